The van der Waals surface area contributed by atoms with Crippen molar-refractivity contribution in [1.82, 2.24) is 0 Å². The molecule has 0 aromatic rings. The third-order valence-electron chi connectivity index (χ3n) is 11.9. The monoisotopic (exact) mass is 957 g/mol. The first-order chi connectivity index (χ1) is 32.2. The smallest absolute Gasteiger partial charge is 0.462 e. The summed E-state index contributed by atoms with van der Waals surface area (Å²) in [6.07, 6.45) is 47.2. The van der Waals surface area contributed by atoms with E-state index >= 15 is 0 Å². The first-order valence-corrected chi connectivity index (χ1v) is 28.7. The maximum atomic E-state index is 12.8. The predicted molar refractivity (Wildman–Crippen MR) is 270 cm³/mol. The highest BCUT2D eigenvalue weighted by Crippen LogP contribution is 2.43. The van der Waals surface area contributed by atoms with Gasteiger partial charge in [0, 0.05) is 19.3 Å². The van der Waals surface area contributed by atoms with Gasteiger partial charge in [-0.1, -0.05) is 218 Å². The number of unbranched alkanes of at least 4 members (excludes halogenated alkanes) is 30. The van der Waals surface area contributed by atoms with Crippen LogP contribution in [0.5, 0.6) is 0 Å². The molecular weight excluding hydrogens is 856 g/mol. The number of carbonyl (C=O) groups is 3. The SMILES string of the molecule is CCCCC/C=C\C/C=C\CCCCCCCCCCCC(=O)OCC(COP(=O)(O)OCC(CO)OC(=O)CCCCCCCCCCC)OC(=O)CCCCCCCCCCCCC. The van der Waals surface area contributed by atoms with Gasteiger partial charge >= 0.3 is 25.7 Å². The number of rotatable bonds is 51. The second-order valence-corrected chi connectivity index (χ2v) is 19.9. The summed E-state index contributed by atoms with van der Waals surface area (Å²) in [7, 11) is -4.73. The maximum Gasteiger partial charge on any atom is 0.472 e. The Balaban J connectivity index is 4.64. The van der Waals surface area contributed by atoms with Gasteiger partial charge in [-0.15, -0.1) is 0 Å². The average Bonchev–Trinajstić information content (AvgIpc) is 3.30. The van der Waals surface area contributed by atoms with Crippen molar-refractivity contribution >= 4 is 25.7 Å². The lowest BCUT2D eigenvalue weighted by molar-refractivity contribution is -0.161. The Morgan fingerprint density at radius 2 is 0.742 bits per heavy atom. The Hall–Kier alpha value is -2.04. The van der Waals surface area contributed by atoms with Gasteiger partial charge in [0.2, 0.25) is 0 Å². The van der Waals surface area contributed by atoms with E-state index in [0.717, 1.165) is 70.6 Å². The van der Waals surface area contributed by atoms with E-state index in [-0.39, 0.29) is 25.9 Å². The molecule has 0 radical (unpaired) electrons. The Morgan fingerprint density at radius 1 is 0.424 bits per heavy atom. The van der Waals surface area contributed by atoms with Crippen LogP contribution in [-0.4, -0.2) is 66.5 Å². The zero-order valence-corrected chi connectivity index (χ0v) is 43.6. The summed E-state index contributed by atoms with van der Waals surface area (Å²) in [5.41, 5.74) is 0. The number of carbonyl (C=O) groups excluding carboxylic acids is 3. The molecule has 0 aromatic heterocycles. The van der Waals surface area contributed by atoms with Crippen LogP contribution in [0.1, 0.15) is 265 Å². The summed E-state index contributed by atoms with van der Waals surface area (Å²) in [5.74, 6) is -1.45. The summed E-state index contributed by atoms with van der Waals surface area (Å²) in [6, 6.07) is 0. The number of ether oxygens (including phenoxy) is 3. The largest absolute Gasteiger partial charge is 0.472 e. The molecule has 0 fully saturated rings. The summed E-state index contributed by atoms with van der Waals surface area (Å²) >= 11 is 0. The van der Waals surface area contributed by atoms with E-state index in [2.05, 4.69) is 45.1 Å². The van der Waals surface area contributed by atoms with Crippen molar-refractivity contribution in [1.29, 1.82) is 0 Å². The standard InChI is InChI=1S/C54H101O11P/c1-4-7-10-13-16-19-21-22-23-24-25-26-27-28-30-32-34-37-40-43-52(56)61-47-51(65-54(58)45-42-39-36-33-29-20-17-14-11-8-5-2)49-63-66(59,60)62-48-50(46-55)64-53(57)44-41-38-35-31-18-15-12-9-6-3/h16,19,22-23,50-51,55H,4-15,17-18,20-21,24-49H2,1-3H3,(H,59,60)/b19-16-,23-22-. The molecule has 0 aliphatic carbocycles. The molecule has 0 amide bonds. The molecule has 3 atom stereocenters. The Labute approximate surface area is 404 Å². The van der Waals surface area contributed by atoms with Gasteiger partial charge in [-0.3, -0.25) is 23.4 Å². The van der Waals surface area contributed by atoms with Crippen molar-refractivity contribution in [2.75, 3.05) is 26.4 Å². The van der Waals surface area contributed by atoms with E-state index in [1.165, 1.54) is 135 Å². The van der Waals surface area contributed by atoms with E-state index in [1.54, 1.807) is 0 Å². The minimum atomic E-state index is -4.73. The fourth-order valence-electron chi connectivity index (χ4n) is 7.68. The quantitative estimate of drug-likeness (QED) is 0.0197. The van der Waals surface area contributed by atoms with Crippen LogP contribution in [0.15, 0.2) is 24.3 Å². The summed E-state index contributed by atoms with van der Waals surface area (Å²) in [4.78, 5) is 48.2. The van der Waals surface area contributed by atoms with Gasteiger partial charge in [0.1, 0.15) is 12.7 Å². The summed E-state index contributed by atoms with van der Waals surface area (Å²) < 4.78 is 39.3. The fourth-order valence-corrected chi connectivity index (χ4v) is 8.47. The zero-order valence-electron chi connectivity index (χ0n) is 42.7. The lowest BCUT2D eigenvalue weighted by Crippen LogP contribution is -2.30. The molecule has 0 rings (SSSR count). The van der Waals surface area contributed by atoms with Crippen molar-refractivity contribution < 1.29 is 52.2 Å². The molecule has 0 spiro atoms. The minimum Gasteiger partial charge on any atom is -0.462 e. The fraction of sp³-hybridized carbons (Fsp3) is 0.870. The number of aliphatic hydroxyl groups is 1. The van der Waals surface area contributed by atoms with Gasteiger partial charge < -0.3 is 24.2 Å². The van der Waals surface area contributed by atoms with E-state index in [9.17, 15) is 28.9 Å². The van der Waals surface area contributed by atoms with Crippen molar-refractivity contribution in [3.8, 4) is 0 Å². The normalized spacial score (nSPS) is 13.6. The first kappa shape index (κ1) is 64.0. The lowest BCUT2D eigenvalue weighted by Gasteiger charge is -2.21. The molecule has 0 saturated heterocycles. The Bertz CT molecular complexity index is 1210. The zero-order chi connectivity index (χ0) is 48.4. The van der Waals surface area contributed by atoms with Crippen molar-refractivity contribution in [2.24, 2.45) is 0 Å². The second kappa shape index (κ2) is 49.4. The van der Waals surface area contributed by atoms with E-state index < -0.39 is 57.8 Å². The number of aliphatic hydroxyl groups excluding tert-OH is 1. The van der Waals surface area contributed by atoms with Gasteiger partial charge in [0.05, 0.1) is 19.8 Å². The summed E-state index contributed by atoms with van der Waals surface area (Å²) in [6.45, 7) is 4.60. The van der Waals surface area contributed by atoms with Gasteiger partial charge in [0.25, 0.3) is 0 Å². The van der Waals surface area contributed by atoms with Crippen LogP contribution in [0.2, 0.25) is 0 Å². The third-order valence-corrected chi connectivity index (χ3v) is 12.8. The molecule has 0 aliphatic rings. The van der Waals surface area contributed by atoms with Crippen molar-refractivity contribution in [3.05, 3.63) is 24.3 Å². The van der Waals surface area contributed by atoms with Crippen LogP contribution < -0.4 is 0 Å². The molecule has 11 nitrogen and oxygen atoms in total. The van der Waals surface area contributed by atoms with E-state index in [1.807, 2.05) is 0 Å². The third kappa shape index (κ3) is 47.0. The van der Waals surface area contributed by atoms with Crippen LogP contribution in [0.4, 0.5) is 0 Å². The van der Waals surface area contributed by atoms with Crippen LogP contribution in [0.3, 0.4) is 0 Å². The molecule has 3 unspecified atom stereocenters. The van der Waals surface area contributed by atoms with Crippen LogP contribution in [0.25, 0.3) is 0 Å². The number of hydrogen-bond acceptors (Lipinski definition) is 10. The lowest BCUT2D eigenvalue weighted by atomic mass is 10.1. The second-order valence-electron chi connectivity index (χ2n) is 18.4. The highest BCUT2D eigenvalue weighted by Gasteiger charge is 2.28. The summed E-state index contributed by atoms with van der Waals surface area (Å²) in [5, 5.41) is 9.74. The number of allylic oxidation sites excluding steroid dienone is 4. The van der Waals surface area contributed by atoms with Crippen LogP contribution in [-0.2, 0) is 42.2 Å². The van der Waals surface area contributed by atoms with Gasteiger partial charge in [-0.2, -0.15) is 0 Å². The number of hydrogen-bond donors (Lipinski definition) is 2. The van der Waals surface area contributed by atoms with Gasteiger partial charge in [-0.05, 0) is 51.4 Å². The molecule has 0 saturated carbocycles. The molecule has 0 bridgehead atoms. The van der Waals surface area contributed by atoms with Gasteiger partial charge in [0.15, 0.2) is 6.10 Å². The number of phosphoric ester groups is 1. The average molecular weight is 957 g/mol. The van der Waals surface area contributed by atoms with Crippen molar-refractivity contribution in [3.63, 3.8) is 0 Å². The van der Waals surface area contributed by atoms with Gasteiger partial charge in [-0.25, -0.2) is 4.57 Å². The molecule has 12 heteroatoms. The van der Waals surface area contributed by atoms with E-state index in [0.29, 0.717) is 19.3 Å². The highest BCUT2D eigenvalue weighted by atomic mass is 31.2. The molecule has 2 N–H and O–H groups in total. The minimum absolute atomic E-state index is 0.173. The molecule has 0 aromatic carbocycles. The highest BCUT2D eigenvalue weighted by molar-refractivity contribution is 7.47. The van der Waals surface area contributed by atoms with E-state index in [4.69, 9.17) is 23.3 Å². The molecular formula is C54H101O11P. The molecule has 66 heavy (non-hydrogen) atoms. The maximum absolute atomic E-state index is 12.8. The topological polar surface area (TPSA) is 155 Å². The number of esters is 3. The Kier molecular flexibility index (Phi) is 47.9. The molecule has 0 heterocycles. The van der Waals surface area contributed by atoms with Crippen molar-refractivity contribution in [2.45, 2.75) is 277 Å². The predicted octanol–water partition coefficient (Wildman–Crippen LogP) is 15.5. The molecule has 0 aliphatic heterocycles. The number of phosphoric acid groups is 1. The van der Waals surface area contributed by atoms with Crippen LogP contribution >= 0.6 is 7.82 Å². The van der Waals surface area contributed by atoms with Crippen LogP contribution in [0, 0.1) is 0 Å². The Morgan fingerprint density at radius 3 is 1.15 bits per heavy atom. The molecule has 388 valence electrons. The first-order valence-electron chi connectivity index (χ1n) is 27.2.